The van der Waals surface area contributed by atoms with Crippen LogP contribution in [0.1, 0.15) is 31.9 Å². The van der Waals surface area contributed by atoms with Gasteiger partial charge in [0.25, 0.3) is 0 Å². The molecule has 4 aliphatic rings. The summed E-state index contributed by atoms with van der Waals surface area (Å²) in [6, 6.07) is 2.12. The quantitative estimate of drug-likeness (QED) is 0.559. The van der Waals surface area contributed by atoms with Gasteiger partial charge in [0.1, 0.15) is 17.3 Å². The van der Waals surface area contributed by atoms with Crippen LogP contribution in [0.4, 0.5) is 11.6 Å². The fourth-order valence-electron chi connectivity index (χ4n) is 5.90. The van der Waals surface area contributed by atoms with Crippen LogP contribution in [-0.2, 0) is 11.3 Å². The van der Waals surface area contributed by atoms with Gasteiger partial charge in [-0.1, -0.05) is 11.8 Å². The summed E-state index contributed by atoms with van der Waals surface area (Å²) < 4.78 is 11.9. The van der Waals surface area contributed by atoms with E-state index in [4.69, 9.17) is 25.2 Å². The summed E-state index contributed by atoms with van der Waals surface area (Å²) in [4.78, 5) is 19.2. The first-order valence-corrected chi connectivity index (χ1v) is 13.1. The van der Waals surface area contributed by atoms with Crippen molar-refractivity contribution < 1.29 is 19.7 Å². The van der Waals surface area contributed by atoms with E-state index < -0.39 is 0 Å². The second kappa shape index (κ2) is 9.04. The standard InChI is InChI=1S/C24H32N6O4S/c1-14-21(25)24(13-34-14)3-6-29(7-4-24)22-17(11-31)28-19(9-27-22)35-18-2-5-26-23-20(18)33-12-15-8-16(32)10-30(15)23/h2,5,9,14-16,21,31-32H,3-4,6-8,10-13,25H2,1H3/t14-,15?,16+,21?/m0/s1. The van der Waals surface area contributed by atoms with E-state index in [9.17, 15) is 10.2 Å². The highest BCUT2D eigenvalue weighted by Gasteiger charge is 2.47. The molecule has 2 aromatic heterocycles. The second-order valence-electron chi connectivity index (χ2n) is 10.1. The Kier molecular flexibility index (Phi) is 6.00. The Balaban J connectivity index is 1.19. The lowest BCUT2D eigenvalue weighted by Crippen LogP contribution is -2.51. The number of nitrogens with zero attached hydrogens (tertiary/aromatic N) is 5. The van der Waals surface area contributed by atoms with Crippen LogP contribution in [0.3, 0.4) is 0 Å². The third-order valence-electron chi connectivity index (χ3n) is 8.00. The van der Waals surface area contributed by atoms with Crippen molar-refractivity contribution in [3.63, 3.8) is 0 Å². The van der Waals surface area contributed by atoms with Crippen LogP contribution in [0.5, 0.6) is 5.75 Å². The molecule has 0 saturated carbocycles. The Morgan fingerprint density at radius 3 is 2.83 bits per heavy atom. The fraction of sp³-hybridized carbons (Fsp3) is 0.625. The van der Waals surface area contributed by atoms with E-state index in [0.717, 1.165) is 42.5 Å². The Labute approximate surface area is 208 Å². The molecule has 11 heteroatoms. The summed E-state index contributed by atoms with van der Waals surface area (Å²) >= 11 is 1.45. The lowest BCUT2D eigenvalue weighted by Gasteiger charge is -2.41. The molecular formula is C24H32N6O4S. The van der Waals surface area contributed by atoms with Gasteiger partial charge in [0.2, 0.25) is 0 Å². The van der Waals surface area contributed by atoms with Crippen LogP contribution in [0.25, 0.3) is 0 Å². The van der Waals surface area contributed by atoms with E-state index in [0.29, 0.717) is 42.6 Å². The third kappa shape index (κ3) is 4.03. The predicted octanol–water partition coefficient (Wildman–Crippen LogP) is 1.18. The number of aliphatic hydroxyl groups is 2. The highest BCUT2D eigenvalue weighted by Crippen LogP contribution is 2.45. The average molecular weight is 501 g/mol. The van der Waals surface area contributed by atoms with Gasteiger partial charge >= 0.3 is 0 Å². The minimum Gasteiger partial charge on any atom is -0.486 e. The highest BCUT2D eigenvalue weighted by molar-refractivity contribution is 7.99. The lowest BCUT2D eigenvalue weighted by molar-refractivity contribution is 0.0973. The Hall–Kier alpha value is -2.18. The molecule has 3 saturated heterocycles. The molecule has 4 N–H and O–H groups in total. The zero-order valence-electron chi connectivity index (χ0n) is 19.8. The number of pyridine rings is 1. The van der Waals surface area contributed by atoms with E-state index >= 15 is 0 Å². The fourth-order valence-corrected chi connectivity index (χ4v) is 6.76. The SMILES string of the molecule is C[C@@H]1OCC2(CCN(c3ncc(Sc4ccnc5c4OCC4C[C@@H](O)CN54)nc3CO)CC2)C1N. The van der Waals surface area contributed by atoms with E-state index in [1.807, 2.05) is 6.07 Å². The molecule has 2 unspecified atom stereocenters. The Morgan fingerprint density at radius 2 is 2.09 bits per heavy atom. The van der Waals surface area contributed by atoms with Crippen molar-refractivity contribution in [1.82, 2.24) is 15.0 Å². The number of aromatic nitrogens is 3. The molecule has 6 heterocycles. The smallest absolute Gasteiger partial charge is 0.175 e. The molecule has 188 valence electrons. The van der Waals surface area contributed by atoms with Crippen LogP contribution in [0.15, 0.2) is 28.4 Å². The van der Waals surface area contributed by atoms with Gasteiger partial charge in [-0.25, -0.2) is 15.0 Å². The summed E-state index contributed by atoms with van der Waals surface area (Å²) in [6.45, 7) is 5.30. The molecule has 0 radical (unpaired) electrons. The first-order valence-electron chi connectivity index (χ1n) is 12.3. The normalized spacial score (nSPS) is 29.3. The molecule has 0 bridgehead atoms. The van der Waals surface area contributed by atoms with Crippen molar-refractivity contribution in [1.29, 1.82) is 0 Å². The number of ether oxygens (including phenoxy) is 2. The molecule has 35 heavy (non-hydrogen) atoms. The average Bonchev–Trinajstić information content (AvgIpc) is 3.39. The van der Waals surface area contributed by atoms with Gasteiger partial charge in [0, 0.05) is 37.3 Å². The maximum atomic E-state index is 10.1. The topological polar surface area (TPSA) is 130 Å². The molecular weight excluding hydrogens is 468 g/mol. The molecule has 0 aliphatic carbocycles. The first kappa shape index (κ1) is 23.2. The Morgan fingerprint density at radius 1 is 1.26 bits per heavy atom. The van der Waals surface area contributed by atoms with Gasteiger partial charge in [-0.05, 0) is 32.3 Å². The van der Waals surface area contributed by atoms with Crippen molar-refractivity contribution in [3.8, 4) is 5.75 Å². The zero-order chi connectivity index (χ0) is 24.2. The maximum absolute atomic E-state index is 10.1. The zero-order valence-corrected chi connectivity index (χ0v) is 20.7. The van der Waals surface area contributed by atoms with Gasteiger partial charge in [-0.15, -0.1) is 0 Å². The van der Waals surface area contributed by atoms with Crippen molar-refractivity contribution in [2.45, 2.75) is 67.0 Å². The van der Waals surface area contributed by atoms with E-state index in [-0.39, 0.29) is 36.3 Å². The van der Waals surface area contributed by atoms with Gasteiger partial charge in [-0.2, -0.15) is 0 Å². The van der Waals surface area contributed by atoms with E-state index in [1.165, 1.54) is 11.8 Å². The number of hydrogen-bond acceptors (Lipinski definition) is 11. The van der Waals surface area contributed by atoms with Gasteiger partial charge < -0.3 is 35.2 Å². The van der Waals surface area contributed by atoms with E-state index in [1.54, 1.807) is 12.4 Å². The molecule has 6 rings (SSSR count). The third-order valence-corrected chi connectivity index (χ3v) is 8.95. The number of hydrogen-bond donors (Lipinski definition) is 3. The summed E-state index contributed by atoms with van der Waals surface area (Å²) in [5.41, 5.74) is 7.06. The summed E-state index contributed by atoms with van der Waals surface area (Å²) in [5.74, 6) is 2.21. The maximum Gasteiger partial charge on any atom is 0.175 e. The molecule has 1 spiro atoms. The minimum absolute atomic E-state index is 0.0311. The molecule has 3 fully saturated rings. The first-order chi connectivity index (χ1) is 17.0. The number of piperidine rings is 1. The van der Waals surface area contributed by atoms with Crippen LogP contribution in [0, 0.1) is 5.41 Å². The molecule has 10 nitrogen and oxygen atoms in total. The van der Waals surface area contributed by atoms with Crippen LogP contribution in [0.2, 0.25) is 0 Å². The van der Waals surface area contributed by atoms with Crippen molar-refractivity contribution in [2.24, 2.45) is 11.1 Å². The molecule has 0 aromatic carbocycles. The Bertz CT molecular complexity index is 1100. The van der Waals surface area contributed by atoms with Crippen molar-refractivity contribution >= 4 is 23.4 Å². The molecule has 4 aliphatic heterocycles. The number of aliphatic hydroxyl groups excluding tert-OH is 2. The predicted molar refractivity (Wildman–Crippen MR) is 131 cm³/mol. The second-order valence-corrected chi connectivity index (χ2v) is 11.2. The number of fused-ring (bicyclic) bond motifs is 3. The number of anilines is 2. The number of nitrogens with two attached hydrogens (primary N) is 1. The molecule has 0 amide bonds. The van der Waals surface area contributed by atoms with E-state index in [2.05, 4.69) is 21.7 Å². The van der Waals surface area contributed by atoms with Crippen LogP contribution >= 0.6 is 11.8 Å². The van der Waals surface area contributed by atoms with Gasteiger partial charge in [0.15, 0.2) is 17.4 Å². The van der Waals surface area contributed by atoms with Gasteiger partial charge in [-0.3, -0.25) is 0 Å². The van der Waals surface area contributed by atoms with Gasteiger partial charge in [0.05, 0.1) is 42.6 Å². The summed E-state index contributed by atoms with van der Waals surface area (Å²) in [7, 11) is 0. The summed E-state index contributed by atoms with van der Waals surface area (Å²) in [6.07, 6.45) is 5.82. The largest absolute Gasteiger partial charge is 0.486 e. The molecule has 4 atom stereocenters. The molecule has 2 aromatic rings. The lowest BCUT2D eigenvalue weighted by atomic mass is 9.73. The van der Waals surface area contributed by atoms with Crippen LogP contribution in [-0.4, -0.2) is 82.3 Å². The minimum atomic E-state index is -0.358. The monoisotopic (exact) mass is 500 g/mol. The highest BCUT2D eigenvalue weighted by atomic mass is 32.2. The number of rotatable bonds is 4. The van der Waals surface area contributed by atoms with Crippen LogP contribution < -0.4 is 20.3 Å². The van der Waals surface area contributed by atoms with Crippen molar-refractivity contribution in [2.75, 3.05) is 42.6 Å². The van der Waals surface area contributed by atoms with Crippen molar-refractivity contribution in [3.05, 3.63) is 24.2 Å². The summed E-state index contributed by atoms with van der Waals surface area (Å²) in [5, 5.41) is 20.9.